The Balaban J connectivity index is -0.0000000865. The van der Waals surface area contributed by atoms with Crippen molar-refractivity contribution in [3.63, 3.8) is 0 Å². The molecule has 0 bridgehead atoms. The first-order valence-electron chi connectivity index (χ1n) is 7.49. The zero-order chi connectivity index (χ0) is 14.5. The molecule has 0 atom stereocenters. The van der Waals surface area contributed by atoms with Crippen molar-refractivity contribution < 1.29 is 37.0 Å². The molecule has 0 aliphatic rings. The molecule has 4 heteroatoms. The van der Waals surface area contributed by atoms with Crippen LogP contribution in [0, 0.1) is 0 Å². The van der Waals surface area contributed by atoms with Crippen molar-refractivity contribution in [2.24, 2.45) is 0 Å². The molecule has 1 radical (unpaired) electrons. The van der Waals surface area contributed by atoms with Crippen LogP contribution in [0.3, 0.4) is 0 Å². The Hall–Kier alpha value is 0.594. The molecule has 0 N–H and O–H groups in total. The number of unbranched alkanes of at least 4 members (excludes halogenated alkanes) is 6. The zero-order valence-electron chi connectivity index (χ0n) is 13.2. The first kappa shape index (κ1) is 27.9. The van der Waals surface area contributed by atoms with E-state index in [0.29, 0.717) is 0 Å². The van der Waals surface area contributed by atoms with Crippen molar-refractivity contribution in [3.8, 4) is 0 Å². The molecule has 0 saturated heterocycles. The third kappa shape index (κ3) is 55.6. The number of hydrogen-bond acceptors (Lipinski definition) is 3. The average molecular weight is 309 g/mol. The summed E-state index contributed by atoms with van der Waals surface area (Å²) < 4.78 is 0. The number of rotatable bonds is 9. The van der Waals surface area contributed by atoms with Crippen LogP contribution in [0.2, 0.25) is 0 Å². The molecule has 0 aliphatic heterocycles. The Labute approximate surface area is 135 Å². The summed E-state index contributed by atoms with van der Waals surface area (Å²) in [7, 11) is 0. The molecule has 19 heavy (non-hydrogen) atoms. The molecule has 3 nitrogen and oxygen atoms in total. The molecular formula is C15H33O3Ti. The zero-order valence-corrected chi connectivity index (χ0v) is 14.8. The van der Waals surface area contributed by atoms with Gasteiger partial charge in [0.25, 0.3) is 0 Å². The van der Waals surface area contributed by atoms with Crippen LogP contribution in [-0.4, -0.2) is 19.8 Å². The molecule has 0 saturated carbocycles. The Morgan fingerprint density at radius 2 is 0.684 bits per heavy atom. The van der Waals surface area contributed by atoms with Gasteiger partial charge in [0.15, 0.2) is 0 Å². The van der Waals surface area contributed by atoms with E-state index in [-0.39, 0.29) is 41.5 Å². The average Bonchev–Trinajstić information content (AvgIpc) is 2.42. The van der Waals surface area contributed by atoms with E-state index in [2.05, 4.69) is 20.8 Å². The van der Waals surface area contributed by atoms with Gasteiger partial charge in [-0.1, -0.05) is 78.6 Å². The summed E-state index contributed by atoms with van der Waals surface area (Å²) in [4.78, 5) is 0. The third-order valence-corrected chi connectivity index (χ3v) is 2.24. The van der Waals surface area contributed by atoms with Crippen molar-refractivity contribution >= 4 is 0 Å². The van der Waals surface area contributed by atoms with Crippen LogP contribution in [0.25, 0.3) is 0 Å². The Morgan fingerprint density at radius 3 is 0.737 bits per heavy atom. The van der Waals surface area contributed by atoms with Gasteiger partial charge in [-0.05, 0) is 0 Å². The quantitative estimate of drug-likeness (QED) is 0.480. The van der Waals surface area contributed by atoms with Crippen LogP contribution in [0.5, 0.6) is 0 Å². The Morgan fingerprint density at radius 1 is 0.474 bits per heavy atom. The summed E-state index contributed by atoms with van der Waals surface area (Å²) in [5.41, 5.74) is 0. The minimum absolute atomic E-state index is 0. The van der Waals surface area contributed by atoms with E-state index in [1.165, 1.54) is 0 Å². The van der Waals surface area contributed by atoms with Gasteiger partial charge in [0, 0.05) is 0 Å². The summed E-state index contributed by atoms with van der Waals surface area (Å²) in [5, 5.41) is 29.1. The fourth-order valence-corrected chi connectivity index (χ4v) is 1.06. The van der Waals surface area contributed by atoms with Crippen LogP contribution in [-0.2, 0) is 21.7 Å². The van der Waals surface area contributed by atoms with Crippen LogP contribution in [0.4, 0.5) is 0 Å². The standard InChI is InChI=1S/3C5H11O.Ti/c3*1-2-3-4-5-6;/h3*2-5H2,1H3;/q3*-1;+3. The van der Waals surface area contributed by atoms with Gasteiger partial charge in [-0.15, -0.1) is 19.8 Å². The molecule has 0 aromatic rings. The normalized spacial score (nSPS) is 8.53. The summed E-state index contributed by atoms with van der Waals surface area (Å²) in [5.74, 6) is 0. The Kier molecular flexibility index (Phi) is 53.2. The predicted molar refractivity (Wildman–Crippen MR) is 73.2 cm³/mol. The van der Waals surface area contributed by atoms with E-state index in [9.17, 15) is 15.3 Å². The summed E-state index contributed by atoms with van der Waals surface area (Å²) in [6, 6.07) is 0. The second-order valence-electron chi connectivity index (χ2n) is 4.23. The molecule has 0 amide bonds. The monoisotopic (exact) mass is 309 g/mol. The van der Waals surface area contributed by atoms with E-state index in [4.69, 9.17) is 0 Å². The third-order valence-electron chi connectivity index (χ3n) is 2.24. The maximum atomic E-state index is 9.69. The molecule has 0 spiro atoms. The molecule has 0 heterocycles. The molecule has 0 fully saturated rings. The smallest absolute Gasteiger partial charge is 0.854 e. The van der Waals surface area contributed by atoms with Crippen LogP contribution < -0.4 is 15.3 Å². The van der Waals surface area contributed by atoms with Gasteiger partial charge < -0.3 is 15.3 Å². The largest absolute Gasteiger partial charge is 3.00 e. The molecule has 115 valence electrons. The van der Waals surface area contributed by atoms with Crippen molar-refractivity contribution in [2.45, 2.75) is 78.6 Å². The van der Waals surface area contributed by atoms with Gasteiger partial charge >= 0.3 is 21.7 Å². The first-order valence-corrected chi connectivity index (χ1v) is 7.49. The second kappa shape index (κ2) is 36.3. The van der Waals surface area contributed by atoms with Gasteiger partial charge in [0.05, 0.1) is 0 Å². The first-order chi connectivity index (χ1) is 8.74. The van der Waals surface area contributed by atoms with Crippen LogP contribution >= 0.6 is 0 Å². The molecule has 0 aromatic carbocycles. The van der Waals surface area contributed by atoms with Crippen LogP contribution in [0.15, 0.2) is 0 Å². The van der Waals surface area contributed by atoms with E-state index >= 15 is 0 Å². The topological polar surface area (TPSA) is 69.2 Å². The maximum Gasteiger partial charge on any atom is 3.00 e. The van der Waals surface area contributed by atoms with Gasteiger partial charge in [0.1, 0.15) is 0 Å². The van der Waals surface area contributed by atoms with Gasteiger partial charge in [0.2, 0.25) is 0 Å². The molecule has 0 aromatic heterocycles. The van der Waals surface area contributed by atoms with E-state index in [1.807, 2.05) is 0 Å². The molecule has 0 rings (SSSR count). The summed E-state index contributed by atoms with van der Waals surface area (Å²) in [6.07, 6.45) is 9.34. The SMILES string of the molecule is CCCCC[O-].CCCCC[O-].CCCCC[O-].[Ti+3]. The maximum absolute atomic E-state index is 9.69. The summed E-state index contributed by atoms with van der Waals surface area (Å²) in [6.45, 7) is 6.59. The van der Waals surface area contributed by atoms with Crippen molar-refractivity contribution in [2.75, 3.05) is 19.8 Å². The summed E-state index contributed by atoms with van der Waals surface area (Å²) >= 11 is 0. The predicted octanol–water partition coefficient (Wildman–Crippen LogP) is 1.61. The fourth-order valence-electron chi connectivity index (χ4n) is 1.06. The van der Waals surface area contributed by atoms with E-state index in [1.54, 1.807) is 0 Å². The minimum atomic E-state index is 0. The molecular weight excluding hydrogens is 276 g/mol. The van der Waals surface area contributed by atoms with Crippen molar-refractivity contribution in [1.82, 2.24) is 0 Å². The molecule has 0 unspecified atom stereocenters. The van der Waals surface area contributed by atoms with Gasteiger partial charge in [-0.2, -0.15) is 0 Å². The van der Waals surface area contributed by atoms with Gasteiger partial charge in [-0.3, -0.25) is 0 Å². The number of hydrogen-bond donors (Lipinski definition) is 0. The molecule has 0 aliphatic carbocycles. The van der Waals surface area contributed by atoms with E-state index in [0.717, 1.165) is 57.8 Å². The van der Waals surface area contributed by atoms with Crippen molar-refractivity contribution in [1.29, 1.82) is 0 Å². The van der Waals surface area contributed by atoms with Crippen LogP contribution in [0.1, 0.15) is 78.6 Å². The second-order valence-corrected chi connectivity index (χ2v) is 4.23. The van der Waals surface area contributed by atoms with Crippen molar-refractivity contribution in [3.05, 3.63) is 0 Å². The van der Waals surface area contributed by atoms with E-state index < -0.39 is 0 Å². The minimum Gasteiger partial charge on any atom is -0.854 e. The Bertz CT molecular complexity index is 72.4. The van der Waals surface area contributed by atoms with Gasteiger partial charge in [-0.25, -0.2) is 0 Å². The fraction of sp³-hybridized carbons (Fsp3) is 1.00.